The lowest BCUT2D eigenvalue weighted by molar-refractivity contribution is -0.0199. The Balaban J connectivity index is 1.18. The highest BCUT2D eigenvalue weighted by Crippen LogP contribution is 2.32. The summed E-state index contributed by atoms with van der Waals surface area (Å²) in [4.78, 5) is 25.9. The molecule has 1 amide bonds. The van der Waals surface area contributed by atoms with Crippen LogP contribution in [-0.4, -0.2) is 73.9 Å². The third kappa shape index (κ3) is 9.12. The molecule has 250 valence electrons. The Morgan fingerprint density at radius 1 is 0.915 bits per heavy atom. The van der Waals surface area contributed by atoms with E-state index in [0.29, 0.717) is 52.5 Å². The maximum Gasteiger partial charge on any atom is 0.407 e. The molecule has 1 fully saturated rings. The quantitative estimate of drug-likeness (QED) is 0.146. The molecule has 10 heteroatoms. The lowest BCUT2D eigenvalue weighted by Crippen LogP contribution is -2.46. The van der Waals surface area contributed by atoms with E-state index in [-0.39, 0.29) is 24.1 Å². The number of pyridine rings is 1. The number of likely N-dealkylation sites (tertiary alicyclic amines) is 1. The van der Waals surface area contributed by atoms with Gasteiger partial charge in [0, 0.05) is 50.8 Å². The Kier molecular flexibility index (Phi) is 12.3. The molecule has 4 aromatic rings. The summed E-state index contributed by atoms with van der Waals surface area (Å²) in [5.41, 5.74) is 3.81. The molecule has 2 heterocycles. The first kappa shape index (κ1) is 34.0. The number of aryl methyl sites for hydroxylation is 1. The van der Waals surface area contributed by atoms with Gasteiger partial charge in [-0.25, -0.2) is 4.79 Å². The van der Waals surface area contributed by atoms with E-state index in [1.165, 1.54) is 4.90 Å². The molecule has 0 radical (unpaired) electrons. The SMILES string of the molecule is COCCCn1c(=O)ccc2ccc(COC3CN(C(=O)O)CCC3c3ccc(OCCCOCc4ccccc4OC)cc3)cc21. The second-order valence-corrected chi connectivity index (χ2v) is 11.7. The Morgan fingerprint density at radius 2 is 1.72 bits per heavy atom. The summed E-state index contributed by atoms with van der Waals surface area (Å²) in [7, 11) is 3.31. The monoisotopic (exact) mass is 644 g/mol. The number of hydrogen-bond acceptors (Lipinski definition) is 7. The second-order valence-electron chi connectivity index (χ2n) is 11.7. The second kappa shape index (κ2) is 17.0. The highest BCUT2D eigenvalue weighted by atomic mass is 16.5. The van der Waals surface area contributed by atoms with Crippen molar-refractivity contribution in [2.45, 2.75) is 51.0 Å². The number of nitrogens with zero attached hydrogens (tertiary/aromatic N) is 2. The van der Waals surface area contributed by atoms with E-state index in [0.717, 1.165) is 51.9 Å². The van der Waals surface area contributed by atoms with Gasteiger partial charge in [-0.15, -0.1) is 0 Å². The van der Waals surface area contributed by atoms with Crippen LogP contribution in [0.1, 0.15) is 41.9 Å². The van der Waals surface area contributed by atoms with Crippen LogP contribution in [0, 0.1) is 0 Å². The molecule has 5 rings (SSSR count). The van der Waals surface area contributed by atoms with Gasteiger partial charge in [-0.3, -0.25) is 4.79 Å². The number of benzene rings is 3. The molecular formula is C37H44N2O8. The summed E-state index contributed by atoms with van der Waals surface area (Å²) in [5.74, 6) is 1.61. The van der Waals surface area contributed by atoms with Crippen LogP contribution in [0.15, 0.2) is 83.7 Å². The van der Waals surface area contributed by atoms with Crippen LogP contribution in [0.4, 0.5) is 4.79 Å². The van der Waals surface area contributed by atoms with Gasteiger partial charge in [0.25, 0.3) is 5.56 Å². The fourth-order valence-electron chi connectivity index (χ4n) is 6.03. The number of para-hydroxylation sites is 1. The number of piperidine rings is 1. The molecule has 1 saturated heterocycles. The number of amides is 1. The lowest BCUT2D eigenvalue weighted by Gasteiger charge is -2.37. The number of ether oxygens (including phenoxy) is 5. The molecule has 3 aromatic carbocycles. The Bertz CT molecular complexity index is 1650. The minimum Gasteiger partial charge on any atom is -0.496 e. The van der Waals surface area contributed by atoms with Gasteiger partial charge in [-0.05, 0) is 59.7 Å². The zero-order chi connectivity index (χ0) is 33.0. The van der Waals surface area contributed by atoms with Crippen molar-refractivity contribution in [3.8, 4) is 11.5 Å². The molecule has 0 saturated carbocycles. The van der Waals surface area contributed by atoms with E-state index in [2.05, 4.69) is 0 Å². The van der Waals surface area contributed by atoms with Crippen LogP contribution in [0.5, 0.6) is 11.5 Å². The fraction of sp³-hybridized carbons (Fsp3) is 0.405. The number of carboxylic acid groups (broad SMARTS) is 1. The maximum absolute atomic E-state index is 12.6. The molecule has 10 nitrogen and oxygen atoms in total. The number of rotatable bonds is 16. The third-order valence-electron chi connectivity index (χ3n) is 8.54. The van der Waals surface area contributed by atoms with Gasteiger partial charge in [-0.1, -0.05) is 42.5 Å². The summed E-state index contributed by atoms with van der Waals surface area (Å²) in [5, 5.41) is 10.7. The maximum atomic E-state index is 12.6. The number of fused-ring (bicyclic) bond motifs is 1. The fourth-order valence-corrected chi connectivity index (χ4v) is 6.03. The zero-order valence-electron chi connectivity index (χ0n) is 27.1. The summed E-state index contributed by atoms with van der Waals surface area (Å²) in [6.07, 6.45) is 0.852. The average Bonchev–Trinajstić information content (AvgIpc) is 3.10. The number of aromatic nitrogens is 1. The smallest absolute Gasteiger partial charge is 0.407 e. The van der Waals surface area contributed by atoms with Crippen molar-refractivity contribution in [1.29, 1.82) is 0 Å². The topological polar surface area (TPSA) is 109 Å². The average molecular weight is 645 g/mol. The first-order valence-corrected chi connectivity index (χ1v) is 16.1. The van der Waals surface area contributed by atoms with E-state index in [1.807, 2.05) is 72.8 Å². The van der Waals surface area contributed by atoms with Gasteiger partial charge in [0.05, 0.1) is 51.7 Å². The molecule has 0 aliphatic carbocycles. The number of hydrogen-bond donors (Lipinski definition) is 1. The normalized spacial score (nSPS) is 16.3. The van der Waals surface area contributed by atoms with E-state index in [1.54, 1.807) is 24.9 Å². The summed E-state index contributed by atoms with van der Waals surface area (Å²) < 4.78 is 30.5. The minimum absolute atomic E-state index is 0.0238. The number of methoxy groups -OCH3 is 2. The van der Waals surface area contributed by atoms with Crippen molar-refractivity contribution in [3.63, 3.8) is 0 Å². The molecule has 1 aromatic heterocycles. The standard InChI is InChI=1S/C37H44N2O8/c1-43-20-5-18-39-33-23-27(9-10-29(33)13-16-36(39)40)25-47-35-24-38(37(41)42)19-17-32(35)28-11-14-31(15-12-28)46-22-6-21-45-26-30-7-3-4-8-34(30)44-2/h3-4,7-16,23,32,35H,5-6,17-22,24-26H2,1-2H3,(H,41,42). The van der Waals surface area contributed by atoms with Crippen molar-refractivity contribution in [1.82, 2.24) is 9.47 Å². The van der Waals surface area contributed by atoms with Gasteiger partial charge < -0.3 is 38.3 Å². The molecule has 0 spiro atoms. The van der Waals surface area contributed by atoms with Crippen LogP contribution >= 0.6 is 0 Å². The van der Waals surface area contributed by atoms with Gasteiger partial charge >= 0.3 is 6.09 Å². The molecule has 2 atom stereocenters. The minimum atomic E-state index is -0.946. The third-order valence-corrected chi connectivity index (χ3v) is 8.54. The van der Waals surface area contributed by atoms with Gasteiger partial charge in [0.2, 0.25) is 0 Å². The van der Waals surface area contributed by atoms with Gasteiger partial charge in [0.1, 0.15) is 11.5 Å². The molecule has 1 aliphatic rings. The summed E-state index contributed by atoms with van der Waals surface area (Å²) in [6.45, 7) is 3.73. The molecule has 0 bridgehead atoms. The van der Waals surface area contributed by atoms with Crippen LogP contribution < -0.4 is 15.0 Å². The van der Waals surface area contributed by atoms with E-state index < -0.39 is 6.09 Å². The Hall–Kier alpha value is -4.38. The van der Waals surface area contributed by atoms with Crippen LogP contribution in [0.2, 0.25) is 0 Å². The summed E-state index contributed by atoms with van der Waals surface area (Å²) >= 11 is 0. The summed E-state index contributed by atoms with van der Waals surface area (Å²) in [6, 6.07) is 25.2. The first-order chi connectivity index (χ1) is 23.0. The van der Waals surface area contributed by atoms with E-state index >= 15 is 0 Å². The van der Waals surface area contributed by atoms with Crippen LogP contribution in [-0.2, 0) is 34.0 Å². The molecule has 2 unspecified atom stereocenters. The van der Waals surface area contributed by atoms with Crippen molar-refractivity contribution in [2.75, 3.05) is 47.1 Å². The molecule has 47 heavy (non-hydrogen) atoms. The molecule has 1 aliphatic heterocycles. The van der Waals surface area contributed by atoms with Crippen LogP contribution in [0.25, 0.3) is 10.9 Å². The van der Waals surface area contributed by atoms with E-state index in [9.17, 15) is 14.7 Å². The van der Waals surface area contributed by atoms with Gasteiger partial charge in [-0.2, -0.15) is 0 Å². The Labute approximate surface area is 275 Å². The first-order valence-electron chi connectivity index (χ1n) is 16.1. The largest absolute Gasteiger partial charge is 0.496 e. The highest BCUT2D eigenvalue weighted by Gasteiger charge is 2.33. The highest BCUT2D eigenvalue weighted by molar-refractivity contribution is 5.79. The zero-order valence-corrected chi connectivity index (χ0v) is 27.1. The molecule has 1 N–H and O–H groups in total. The number of carbonyl (C=O) groups is 1. The van der Waals surface area contributed by atoms with Crippen molar-refractivity contribution >= 4 is 17.0 Å². The lowest BCUT2D eigenvalue weighted by atomic mass is 9.87. The predicted molar refractivity (Wildman–Crippen MR) is 179 cm³/mol. The van der Waals surface area contributed by atoms with E-state index in [4.69, 9.17) is 23.7 Å². The van der Waals surface area contributed by atoms with Gasteiger partial charge in [0.15, 0.2) is 0 Å². The predicted octanol–water partition coefficient (Wildman–Crippen LogP) is 6.09. The van der Waals surface area contributed by atoms with Crippen LogP contribution in [0.3, 0.4) is 0 Å². The van der Waals surface area contributed by atoms with Crippen molar-refractivity contribution < 1.29 is 33.6 Å². The van der Waals surface area contributed by atoms with Crippen molar-refractivity contribution in [2.24, 2.45) is 0 Å². The van der Waals surface area contributed by atoms with Crippen molar-refractivity contribution in [3.05, 3.63) is 106 Å². The molecular weight excluding hydrogens is 600 g/mol. The Morgan fingerprint density at radius 3 is 2.51 bits per heavy atom.